The molecule has 4 N–H and O–H groups in total. The summed E-state index contributed by atoms with van der Waals surface area (Å²) in [7, 11) is -1.68. The predicted molar refractivity (Wildman–Crippen MR) is 175 cm³/mol. The van der Waals surface area contributed by atoms with E-state index in [1.807, 2.05) is 36.4 Å². The summed E-state index contributed by atoms with van der Waals surface area (Å²) in [5.41, 5.74) is 3.78. The number of rotatable bonds is 12. The summed E-state index contributed by atoms with van der Waals surface area (Å²) in [4.78, 5) is 33.3. The molecule has 0 spiro atoms. The smallest absolute Gasteiger partial charge is 0.255 e. The van der Waals surface area contributed by atoms with Crippen LogP contribution >= 0.6 is 32.9 Å². The molecule has 0 aliphatic rings. The van der Waals surface area contributed by atoms with Gasteiger partial charge in [0.05, 0.1) is 4.90 Å². The fourth-order valence-corrected chi connectivity index (χ4v) is 7.58. The first-order valence-corrected chi connectivity index (χ1v) is 17.6. The van der Waals surface area contributed by atoms with Crippen LogP contribution in [0.3, 0.4) is 0 Å². The van der Waals surface area contributed by atoms with Gasteiger partial charge in [-0.15, -0.1) is 0 Å². The monoisotopic (exact) mass is 651 g/mol. The first kappa shape index (κ1) is 30.7. The largest absolute Gasteiger partial charge is 0.361 e. The molecule has 3 aromatic carbocycles. The van der Waals surface area contributed by atoms with Crippen molar-refractivity contribution < 1.29 is 18.0 Å². The van der Waals surface area contributed by atoms with E-state index in [0.717, 1.165) is 35.7 Å². The lowest BCUT2D eigenvalue weighted by Crippen LogP contribution is -2.45. The van der Waals surface area contributed by atoms with Crippen LogP contribution < -0.4 is 15.4 Å². The maximum atomic E-state index is 13.4. The molecule has 0 saturated heterocycles. The summed E-state index contributed by atoms with van der Waals surface area (Å²) in [5, 5.41) is 6.68. The number of nitrogens with one attached hydrogen (secondary N) is 4. The van der Waals surface area contributed by atoms with Crippen LogP contribution in [0.1, 0.15) is 41.3 Å². The number of aryl methyl sites for hydroxylation is 1. The number of carbonyl (C=O) groups is 2. The lowest BCUT2D eigenvalue weighted by atomic mass is 10.1. The van der Waals surface area contributed by atoms with Crippen molar-refractivity contribution in [1.29, 1.82) is 0 Å². The highest BCUT2D eigenvalue weighted by Gasteiger charge is 2.28. The van der Waals surface area contributed by atoms with Gasteiger partial charge in [0.1, 0.15) is 6.04 Å². The van der Waals surface area contributed by atoms with Crippen LogP contribution in [0.4, 0.5) is 10.8 Å². The van der Waals surface area contributed by atoms with Gasteiger partial charge in [-0.25, -0.2) is 8.42 Å². The van der Waals surface area contributed by atoms with E-state index in [-0.39, 0.29) is 17.2 Å². The van der Waals surface area contributed by atoms with Gasteiger partial charge in [-0.3, -0.25) is 14.9 Å². The number of unbranched alkanes of at least 4 members (excludes halogenated alkanes) is 1. The highest BCUT2D eigenvalue weighted by atomic mass is 32.9. The summed E-state index contributed by atoms with van der Waals surface area (Å²) in [6, 6.07) is 19.7. The average Bonchev–Trinajstić information content (AvgIpc) is 3.61. The molecule has 2 heterocycles. The molecule has 9 nitrogen and oxygen atoms in total. The molecule has 0 aliphatic carbocycles. The van der Waals surface area contributed by atoms with Gasteiger partial charge in [-0.2, -0.15) is 9.71 Å². The van der Waals surface area contributed by atoms with Gasteiger partial charge in [-0.05, 0) is 106 Å². The predicted octanol–water partition coefficient (Wildman–Crippen LogP) is 6.54. The highest BCUT2D eigenvalue weighted by Crippen LogP contribution is 2.23. The number of anilines is 2. The Kier molecular flexibility index (Phi) is 9.78. The topological polar surface area (TPSA) is 133 Å². The van der Waals surface area contributed by atoms with Crippen molar-refractivity contribution in [3.8, 4) is 0 Å². The van der Waals surface area contributed by atoms with Crippen molar-refractivity contribution in [2.24, 2.45) is 0 Å². The highest BCUT2D eigenvalue weighted by molar-refractivity contribution is 7.89. The number of H-pyrrole nitrogens is 1. The molecule has 0 aliphatic heterocycles. The fourth-order valence-electron chi connectivity index (χ4n) is 4.52. The van der Waals surface area contributed by atoms with Crippen molar-refractivity contribution in [2.45, 2.75) is 43.5 Å². The van der Waals surface area contributed by atoms with Crippen LogP contribution in [0.15, 0.2) is 83.9 Å². The summed E-state index contributed by atoms with van der Waals surface area (Å²) < 4.78 is 29.8. The quantitative estimate of drug-likeness (QED) is 0.0895. The minimum atomic E-state index is -4.13. The number of amides is 2. The molecule has 5 aromatic rings. The molecule has 13 heteroatoms. The average molecular weight is 652 g/mol. The van der Waals surface area contributed by atoms with Gasteiger partial charge in [0.25, 0.3) is 5.91 Å². The van der Waals surface area contributed by atoms with E-state index >= 15 is 0 Å². The summed E-state index contributed by atoms with van der Waals surface area (Å²) in [6.07, 6.45) is 5.02. The van der Waals surface area contributed by atoms with Crippen LogP contribution in [-0.2, 0) is 27.7 Å². The maximum absolute atomic E-state index is 13.4. The molecular formula is C30H29N5O4S4. The Morgan fingerprint density at radius 2 is 1.72 bits per heavy atom. The van der Waals surface area contributed by atoms with Crippen LogP contribution in [0.25, 0.3) is 10.9 Å². The molecule has 0 radical (unpaired) electrons. The number of benzene rings is 3. The number of aromatic nitrogens is 2. The van der Waals surface area contributed by atoms with E-state index in [9.17, 15) is 18.0 Å². The first-order chi connectivity index (χ1) is 20.7. The lowest BCUT2D eigenvalue weighted by molar-refractivity contribution is -0.117. The number of hydrogen-bond acceptors (Lipinski definition) is 8. The van der Waals surface area contributed by atoms with Crippen molar-refractivity contribution in [3.63, 3.8) is 0 Å². The van der Waals surface area contributed by atoms with Gasteiger partial charge in [0, 0.05) is 28.4 Å². The molecule has 1 unspecified atom stereocenters. The zero-order valence-electron chi connectivity index (χ0n) is 23.1. The fraction of sp³-hybridized carbons (Fsp3) is 0.200. The van der Waals surface area contributed by atoms with Crippen LogP contribution in [-0.4, -0.2) is 36.2 Å². The summed E-state index contributed by atoms with van der Waals surface area (Å²) in [6.45, 7) is 2.14. The minimum absolute atomic E-state index is 0.0492. The Balaban J connectivity index is 1.31. The third kappa shape index (κ3) is 7.80. The van der Waals surface area contributed by atoms with Gasteiger partial charge < -0.3 is 10.3 Å². The Morgan fingerprint density at radius 3 is 2.42 bits per heavy atom. The third-order valence-corrected chi connectivity index (χ3v) is 10.8. The molecule has 2 aromatic heterocycles. The van der Waals surface area contributed by atoms with Crippen molar-refractivity contribution >= 4 is 76.5 Å². The first-order valence-electron chi connectivity index (χ1n) is 13.6. The number of aromatic amines is 1. The zero-order valence-corrected chi connectivity index (χ0v) is 26.4. The van der Waals surface area contributed by atoms with E-state index in [0.29, 0.717) is 20.3 Å². The molecule has 43 heavy (non-hydrogen) atoms. The van der Waals surface area contributed by atoms with E-state index in [1.165, 1.54) is 50.5 Å². The number of nitrogens with zero attached hydrogens (tertiary/aromatic N) is 1. The second-order valence-electron chi connectivity index (χ2n) is 9.86. The molecular weight excluding hydrogens is 623 g/mol. The number of hydrogen-bond donors (Lipinski definition) is 4. The van der Waals surface area contributed by atoms with Crippen LogP contribution in [0.5, 0.6) is 0 Å². The standard InChI is InChI=1S/C30H29N5O4S4/c1-2-3-6-19-9-11-20(12-10-19)27(36)32-22-13-15-23(16-14-22)43(38,39)35-26(28(37)33-29-34-30(40)42-41-29)17-21-18-31-25-8-5-4-7-24(21)25/h4-5,7-16,18,26,31,35H,2-3,6,17H2,1H3,(H,32,36)(H,33,34,37,40). The number of sulfonamides is 1. The molecule has 5 rings (SSSR count). The van der Waals surface area contributed by atoms with E-state index < -0.39 is 22.0 Å². The number of fused-ring (bicyclic) bond motifs is 1. The number of carbonyl (C=O) groups excluding carboxylic acids is 2. The van der Waals surface area contributed by atoms with E-state index in [4.69, 9.17) is 12.2 Å². The Labute approximate surface area is 261 Å². The Morgan fingerprint density at radius 1 is 0.977 bits per heavy atom. The van der Waals surface area contributed by atoms with Crippen molar-refractivity contribution in [1.82, 2.24) is 14.7 Å². The van der Waals surface area contributed by atoms with Gasteiger partial charge in [0.15, 0.2) is 3.95 Å². The second-order valence-corrected chi connectivity index (χ2v) is 14.3. The zero-order chi connectivity index (χ0) is 30.4. The van der Waals surface area contributed by atoms with Gasteiger partial charge >= 0.3 is 0 Å². The Bertz CT molecular complexity index is 1900. The normalized spacial score (nSPS) is 12.2. The SMILES string of the molecule is CCCCc1ccc(C(=O)Nc2ccc(S(=O)(=O)NC(Cc3c[nH]c4ccccc34)C(=O)Nc3nc(=S)ss3)cc2)cc1. The molecule has 0 bridgehead atoms. The Hall–Kier alpha value is -3.75. The van der Waals surface area contributed by atoms with Crippen molar-refractivity contribution in [2.75, 3.05) is 10.6 Å². The summed E-state index contributed by atoms with van der Waals surface area (Å²) >= 11 is 5.06. The van der Waals surface area contributed by atoms with E-state index in [1.54, 1.807) is 18.3 Å². The van der Waals surface area contributed by atoms with E-state index in [2.05, 4.69) is 32.2 Å². The second kappa shape index (κ2) is 13.7. The molecule has 1 atom stereocenters. The van der Waals surface area contributed by atoms with Crippen LogP contribution in [0, 0.1) is 3.95 Å². The third-order valence-electron chi connectivity index (χ3n) is 6.79. The molecule has 222 valence electrons. The molecule has 2 amide bonds. The maximum Gasteiger partial charge on any atom is 0.255 e. The van der Waals surface area contributed by atoms with Crippen molar-refractivity contribution in [3.05, 3.63) is 99.6 Å². The lowest BCUT2D eigenvalue weighted by Gasteiger charge is -2.18. The molecule has 0 fully saturated rings. The minimum Gasteiger partial charge on any atom is -0.361 e. The number of para-hydroxylation sites is 1. The van der Waals surface area contributed by atoms with Crippen LogP contribution in [0.2, 0.25) is 0 Å². The van der Waals surface area contributed by atoms with Gasteiger partial charge in [0.2, 0.25) is 21.1 Å². The molecule has 0 saturated carbocycles. The summed E-state index contributed by atoms with van der Waals surface area (Å²) in [5.74, 6) is -0.855. The van der Waals surface area contributed by atoms with Gasteiger partial charge in [-0.1, -0.05) is 43.7 Å².